The number of hydrogen-bond donors (Lipinski definition) is 0. The topological polar surface area (TPSA) is 3.24 Å². The Morgan fingerprint density at radius 1 is 0.316 bits per heavy atom. The van der Waals surface area contributed by atoms with Crippen molar-refractivity contribution in [1.82, 2.24) is 0 Å². The lowest BCUT2D eigenvalue weighted by Gasteiger charge is -2.25. The summed E-state index contributed by atoms with van der Waals surface area (Å²) in [6, 6.07) is 43.3. The number of fused-ring (bicyclic) bond motifs is 2. The molecule has 0 spiro atoms. The second-order valence-electron chi connectivity index (χ2n) is 10.2. The Bertz CT molecular complexity index is 1450. The monoisotopic (exact) mass is 493 g/mol. The molecule has 0 aromatic heterocycles. The van der Waals surface area contributed by atoms with Gasteiger partial charge in [0.05, 0.1) is 0 Å². The van der Waals surface area contributed by atoms with Gasteiger partial charge in [-0.25, -0.2) is 0 Å². The fourth-order valence-corrected chi connectivity index (χ4v) is 5.09. The summed E-state index contributed by atoms with van der Waals surface area (Å²) in [4.78, 5) is 2.29. The number of hydrogen-bond acceptors (Lipinski definition) is 1. The van der Waals surface area contributed by atoms with Crippen molar-refractivity contribution in [3.05, 3.63) is 149 Å². The molecule has 0 radical (unpaired) electrons. The minimum atomic E-state index is 1.18. The van der Waals surface area contributed by atoms with Crippen LogP contribution in [0.5, 0.6) is 0 Å². The largest absolute Gasteiger partial charge is 0.311 e. The second kappa shape index (κ2) is 10.9. The molecule has 0 amide bonds. The van der Waals surface area contributed by atoms with Gasteiger partial charge in [-0.15, -0.1) is 0 Å². The van der Waals surface area contributed by atoms with Crippen LogP contribution in [0.4, 0.5) is 17.1 Å². The molecule has 0 heterocycles. The maximum atomic E-state index is 2.29. The average molecular weight is 494 g/mol. The van der Waals surface area contributed by atoms with Crippen molar-refractivity contribution in [2.24, 2.45) is 0 Å². The summed E-state index contributed by atoms with van der Waals surface area (Å²) in [6.07, 6.45) is 0. The minimum absolute atomic E-state index is 1.18. The van der Waals surface area contributed by atoms with Crippen molar-refractivity contribution < 1.29 is 0 Å². The van der Waals surface area contributed by atoms with Crippen LogP contribution in [0.1, 0.15) is 27.8 Å². The lowest BCUT2D eigenvalue weighted by atomic mass is 9.93. The standard InChI is InChI=1S/C21H21N.C16H14/c1-16-4-10-19(11-5-16)22(20-12-6-17(2)7-13-20)21-14-8-18(3)9-15-21;1-11-13-7-3-5-9-15(13)12(2)16-10-6-4-8-14(11)16/h4-15H,1-3H3;3-10H,1-2H3. The van der Waals surface area contributed by atoms with Crippen LogP contribution in [0.25, 0.3) is 21.5 Å². The Hall–Kier alpha value is -4.36. The van der Waals surface area contributed by atoms with E-state index in [0.29, 0.717) is 0 Å². The predicted octanol–water partition coefficient (Wildman–Crippen LogP) is 10.7. The van der Waals surface area contributed by atoms with Gasteiger partial charge in [0, 0.05) is 17.1 Å². The van der Waals surface area contributed by atoms with E-state index in [1.807, 2.05) is 0 Å². The summed E-state index contributed by atoms with van der Waals surface area (Å²) in [6.45, 7) is 10.8. The van der Waals surface area contributed by atoms with E-state index >= 15 is 0 Å². The van der Waals surface area contributed by atoms with E-state index in [4.69, 9.17) is 0 Å². The van der Waals surface area contributed by atoms with E-state index in [9.17, 15) is 0 Å². The summed E-state index contributed by atoms with van der Waals surface area (Å²) in [5, 5.41) is 5.50. The molecule has 0 N–H and O–H groups in total. The molecule has 0 aliphatic carbocycles. The molecule has 0 bridgehead atoms. The van der Waals surface area contributed by atoms with Crippen LogP contribution < -0.4 is 4.90 Å². The fourth-order valence-electron chi connectivity index (χ4n) is 5.09. The van der Waals surface area contributed by atoms with Crippen LogP contribution >= 0.6 is 0 Å². The molecule has 0 aliphatic rings. The maximum Gasteiger partial charge on any atom is 0.0461 e. The zero-order chi connectivity index (χ0) is 26.6. The lowest BCUT2D eigenvalue weighted by molar-refractivity contribution is 1.26. The highest BCUT2D eigenvalue weighted by molar-refractivity contribution is 6.05. The minimum Gasteiger partial charge on any atom is -0.311 e. The van der Waals surface area contributed by atoms with Gasteiger partial charge in [-0.05, 0) is 104 Å². The molecule has 0 saturated heterocycles. The highest BCUT2D eigenvalue weighted by atomic mass is 15.1. The third-order valence-electron chi connectivity index (χ3n) is 7.35. The fraction of sp³-hybridized carbons (Fsp3) is 0.135. The molecule has 6 aromatic carbocycles. The Morgan fingerprint density at radius 2 is 0.553 bits per heavy atom. The quantitative estimate of drug-likeness (QED) is 0.222. The van der Waals surface area contributed by atoms with Crippen LogP contribution in [0.2, 0.25) is 0 Å². The maximum absolute atomic E-state index is 2.29. The molecule has 1 heteroatoms. The van der Waals surface area contributed by atoms with Crippen LogP contribution in [0.3, 0.4) is 0 Å². The molecule has 0 aliphatic heterocycles. The first-order valence-electron chi connectivity index (χ1n) is 13.3. The average Bonchev–Trinajstić information content (AvgIpc) is 2.95. The Labute approximate surface area is 227 Å². The van der Waals surface area contributed by atoms with Crippen molar-refractivity contribution in [2.75, 3.05) is 4.90 Å². The van der Waals surface area contributed by atoms with Crippen molar-refractivity contribution in [2.45, 2.75) is 34.6 Å². The third-order valence-corrected chi connectivity index (χ3v) is 7.35. The molecule has 188 valence electrons. The molecule has 0 fully saturated rings. The highest BCUT2D eigenvalue weighted by Gasteiger charge is 2.12. The van der Waals surface area contributed by atoms with Crippen LogP contribution in [0, 0.1) is 34.6 Å². The summed E-state index contributed by atoms with van der Waals surface area (Å²) in [5.41, 5.74) is 10.1. The number of aryl methyl sites for hydroxylation is 5. The van der Waals surface area contributed by atoms with Gasteiger partial charge in [-0.3, -0.25) is 0 Å². The van der Waals surface area contributed by atoms with E-state index in [0.717, 1.165) is 0 Å². The van der Waals surface area contributed by atoms with Crippen molar-refractivity contribution >= 4 is 38.6 Å². The van der Waals surface area contributed by atoms with Crippen LogP contribution in [-0.2, 0) is 0 Å². The molecular weight excluding hydrogens is 458 g/mol. The van der Waals surface area contributed by atoms with Gasteiger partial charge in [0.25, 0.3) is 0 Å². The van der Waals surface area contributed by atoms with Gasteiger partial charge in [0.1, 0.15) is 0 Å². The lowest BCUT2D eigenvalue weighted by Crippen LogP contribution is -2.09. The van der Waals surface area contributed by atoms with E-state index in [-0.39, 0.29) is 0 Å². The summed E-state index contributed by atoms with van der Waals surface area (Å²) < 4.78 is 0. The normalized spacial score (nSPS) is 10.8. The zero-order valence-electron chi connectivity index (χ0n) is 23.0. The van der Waals surface area contributed by atoms with Crippen molar-refractivity contribution in [3.63, 3.8) is 0 Å². The van der Waals surface area contributed by atoms with Gasteiger partial charge < -0.3 is 4.90 Å². The van der Waals surface area contributed by atoms with Crippen molar-refractivity contribution in [3.8, 4) is 0 Å². The summed E-state index contributed by atoms with van der Waals surface area (Å²) >= 11 is 0. The van der Waals surface area contributed by atoms with Gasteiger partial charge in [-0.1, -0.05) is 102 Å². The van der Waals surface area contributed by atoms with Gasteiger partial charge in [0.15, 0.2) is 0 Å². The van der Waals surface area contributed by atoms with Crippen LogP contribution in [0.15, 0.2) is 121 Å². The first-order chi connectivity index (χ1) is 18.4. The predicted molar refractivity (Wildman–Crippen MR) is 166 cm³/mol. The molecule has 6 rings (SSSR count). The number of rotatable bonds is 3. The molecule has 1 nitrogen and oxygen atoms in total. The first kappa shape index (κ1) is 25.3. The van der Waals surface area contributed by atoms with E-state index in [1.54, 1.807) is 0 Å². The highest BCUT2D eigenvalue weighted by Crippen LogP contribution is 2.35. The Balaban J connectivity index is 0.000000162. The van der Waals surface area contributed by atoms with E-state index in [1.165, 1.54) is 66.4 Å². The molecular formula is C37H35N. The summed E-state index contributed by atoms with van der Waals surface area (Å²) in [5.74, 6) is 0. The summed E-state index contributed by atoms with van der Waals surface area (Å²) in [7, 11) is 0. The van der Waals surface area contributed by atoms with Crippen LogP contribution in [-0.4, -0.2) is 0 Å². The molecule has 0 saturated carbocycles. The molecule has 0 unspecified atom stereocenters. The van der Waals surface area contributed by atoms with E-state index < -0.39 is 0 Å². The number of anilines is 3. The van der Waals surface area contributed by atoms with E-state index in [2.05, 4.69) is 161 Å². The Kier molecular flexibility index (Phi) is 7.29. The van der Waals surface area contributed by atoms with Gasteiger partial charge in [0.2, 0.25) is 0 Å². The molecule has 0 atom stereocenters. The number of benzene rings is 6. The molecule has 38 heavy (non-hydrogen) atoms. The first-order valence-corrected chi connectivity index (χ1v) is 13.3. The van der Waals surface area contributed by atoms with Gasteiger partial charge >= 0.3 is 0 Å². The number of nitrogens with zero attached hydrogens (tertiary/aromatic N) is 1. The van der Waals surface area contributed by atoms with Crippen molar-refractivity contribution in [1.29, 1.82) is 0 Å². The Morgan fingerprint density at radius 3 is 0.789 bits per heavy atom. The second-order valence-corrected chi connectivity index (χ2v) is 10.2. The zero-order valence-corrected chi connectivity index (χ0v) is 23.0. The molecule has 6 aromatic rings. The van der Waals surface area contributed by atoms with Gasteiger partial charge in [-0.2, -0.15) is 0 Å². The third kappa shape index (κ3) is 5.19. The SMILES string of the molecule is Cc1c2ccccc2c(C)c2ccccc12.Cc1ccc(N(c2ccc(C)cc2)c2ccc(C)cc2)cc1. The smallest absolute Gasteiger partial charge is 0.0461 e.